The number of fused-ring (bicyclic) bond motifs is 1. The van der Waals surface area contributed by atoms with E-state index in [0.717, 1.165) is 24.9 Å². The van der Waals surface area contributed by atoms with E-state index >= 15 is 0 Å². The molecule has 0 aromatic heterocycles. The number of rotatable bonds is 1. The van der Waals surface area contributed by atoms with Crippen LogP contribution in [-0.4, -0.2) is 28.5 Å². The van der Waals surface area contributed by atoms with Crippen molar-refractivity contribution in [3.05, 3.63) is 35.9 Å². The van der Waals surface area contributed by atoms with Crippen LogP contribution in [-0.2, 0) is 10.4 Å². The molecule has 2 fully saturated rings. The molecule has 1 N–H and O–H groups in total. The van der Waals surface area contributed by atoms with Gasteiger partial charge in [0.2, 0.25) is 5.91 Å². The number of hydrogen-bond acceptors (Lipinski definition) is 2. The van der Waals surface area contributed by atoms with E-state index < -0.39 is 5.60 Å². The first kappa shape index (κ1) is 11.7. The summed E-state index contributed by atoms with van der Waals surface area (Å²) in [5.41, 5.74) is 0.0756. The zero-order chi connectivity index (χ0) is 12.8. The van der Waals surface area contributed by atoms with E-state index in [1.807, 2.05) is 42.2 Å². The minimum atomic E-state index is -0.870. The number of amides is 1. The minimum absolute atomic E-state index is 0.0383. The summed E-state index contributed by atoms with van der Waals surface area (Å²) in [5, 5.41) is 11.1. The number of benzene rings is 1. The number of piperidine rings is 1. The van der Waals surface area contributed by atoms with Gasteiger partial charge in [-0.15, -0.1) is 0 Å². The monoisotopic (exact) mass is 245 g/mol. The first-order valence-electron chi connectivity index (χ1n) is 6.71. The van der Waals surface area contributed by atoms with Gasteiger partial charge in [-0.2, -0.15) is 0 Å². The van der Waals surface area contributed by atoms with Crippen molar-refractivity contribution in [2.45, 2.75) is 37.8 Å². The molecule has 96 valence electrons. The largest absolute Gasteiger partial charge is 0.383 e. The number of hydrogen-bond donors (Lipinski definition) is 1. The van der Waals surface area contributed by atoms with E-state index in [1.165, 1.54) is 0 Å². The van der Waals surface area contributed by atoms with Crippen molar-refractivity contribution in [2.24, 2.45) is 5.92 Å². The summed E-state index contributed by atoms with van der Waals surface area (Å²) in [5.74, 6) is 0.114. The van der Waals surface area contributed by atoms with Crippen LogP contribution >= 0.6 is 0 Å². The van der Waals surface area contributed by atoms with Crippen LogP contribution < -0.4 is 0 Å². The minimum Gasteiger partial charge on any atom is -0.383 e. The van der Waals surface area contributed by atoms with Crippen LogP contribution in [0.4, 0.5) is 0 Å². The van der Waals surface area contributed by atoms with Gasteiger partial charge in [0, 0.05) is 12.5 Å². The summed E-state index contributed by atoms with van der Waals surface area (Å²) in [4.78, 5) is 14.0. The Kier molecular flexibility index (Phi) is 2.67. The van der Waals surface area contributed by atoms with Gasteiger partial charge < -0.3 is 10.0 Å². The van der Waals surface area contributed by atoms with E-state index in [9.17, 15) is 9.90 Å². The van der Waals surface area contributed by atoms with Crippen LogP contribution in [0.3, 0.4) is 0 Å². The molecule has 1 aromatic rings. The van der Waals surface area contributed by atoms with Gasteiger partial charge in [-0.25, -0.2) is 0 Å². The Morgan fingerprint density at radius 1 is 1.33 bits per heavy atom. The van der Waals surface area contributed by atoms with Crippen molar-refractivity contribution in [3.8, 4) is 0 Å². The predicted octanol–water partition coefficient (Wildman–Crippen LogP) is 1.90. The molecule has 0 saturated carbocycles. The van der Waals surface area contributed by atoms with Gasteiger partial charge in [0.05, 0.1) is 6.04 Å². The Morgan fingerprint density at radius 2 is 2.06 bits per heavy atom. The molecule has 2 saturated heterocycles. The van der Waals surface area contributed by atoms with Crippen molar-refractivity contribution >= 4 is 5.91 Å². The molecular weight excluding hydrogens is 226 g/mol. The number of aliphatic hydroxyl groups is 1. The summed E-state index contributed by atoms with van der Waals surface area (Å²) >= 11 is 0. The van der Waals surface area contributed by atoms with Crippen molar-refractivity contribution in [2.75, 3.05) is 6.54 Å². The van der Waals surface area contributed by atoms with E-state index in [-0.39, 0.29) is 17.9 Å². The van der Waals surface area contributed by atoms with Crippen LogP contribution in [0.5, 0.6) is 0 Å². The van der Waals surface area contributed by atoms with Crippen LogP contribution in [0, 0.1) is 5.92 Å². The van der Waals surface area contributed by atoms with E-state index in [4.69, 9.17) is 0 Å². The van der Waals surface area contributed by atoms with Gasteiger partial charge in [-0.05, 0) is 24.8 Å². The summed E-state index contributed by atoms with van der Waals surface area (Å²) in [6.07, 6.45) is 2.44. The molecule has 3 heteroatoms. The molecule has 2 aliphatic heterocycles. The highest BCUT2D eigenvalue weighted by Gasteiger charge is 2.51. The van der Waals surface area contributed by atoms with Gasteiger partial charge in [0.1, 0.15) is 5.60 Å². The lowest BCUT2D eigenvalue weighted by Crippen LogP contribution is -2.57. The Bertz CT molecular complexity index is 459. The van der Waals surface area contributed by atoms with Gasteiger partial charge in [0.25, 0.3) is 0 Å². The number of nitrogens with zero attached hydrogens (tertiary/aromatic N) is 1. The lowest BCUT2D eigenvalue weighted by atomic mass is 9.75. The van der Waals surface area contributed by atoms with Gasteiger partial charge in [0.15, 0.2) is 0 Å². The summed E-state index contributed by atoms with van der Waals surface area (Å²) < 4.78 is 0. The Hall–Kier alpha value is -1.35. The van der Waals surface area contributed by atoms with Gasteiger partial charge >= 0.3 is 0 Å². The van der Waals surface area contributed by atoms with Crippen molar-refractivity contribution in [1.29, 1.82) is 0 Å². The topological polar surface area (TPSA) is 40.5 Å². The molecular formula is C15H19NO2. The van der Waals surface area contributed by atoms with Crippen LogP contribution in [0.15, 0.2) is 30.3 Å². The molecule has 3 rings (SSSR count). The van der Waals surface area contributed by atoms with Crippen LogP contribution in [0.2, 0.25) is 0 Å². The van der Waals surface area contributed by atoms with Crippen LogP contribution in [0.1, 0.15) is 31.7 Å². The SMILES string of the molecule is CC1CC(O)(c2ccccc2)C2CCCN2C1=O. The quantitative estimate of drug-likeness (QED) is 0.821. The Morgan fingerprint density at radius 3 is 2.78 bits per heavy atom. The average molecular weight is 245 g/mol. The van der Waals surface area contributed by atoms with Crippen molar-refractivity contribution in [1.82, 2.24) is 4.90 Å². The number of carbonyl (C=O) groups is 1. The Labute approximate surface area is 107 Å². The zero-order valence-electron chi connectivity index (χ0n) is 10.7. The second-order valence-corrected chi connectivity index (χ2v) is 5.59. The molecule has 1 amide bonds. The van der Waals surface area contributed by atoms with Crippen LogP contribution in [0.25, 0.3) is 0 Å². The first-order chi connectivity index (χ1) is 8.63. The van der Waals surface area contributed by atoms with Crippen molar-refractivity contribution < 1.29 is 9.90 Å². The molecule has 0 aliphatic carbocycles. The van der Waals surface area contributed by atoms with Crippen molar-refractivity contribution in [3.63, 3.8) is 0 Å². The third kappa shape index (κ3) is 1.57. The highest BCUT2D eigenvalue weighted by Crippen LogP contribution is 2.43. The lowest BCUT2D eigenvalue weighted by Gasteiger charge is -2.46. The van der Waals surface area contributed by atoms with Gasteiger partial charge in [-0.3, -0.25) is 4.79 Å². The summed E-state index contributed by atoms with van der Waals surface area (Å²) in [6, 6.07) is 9.76. The zero-order valence-corrected chi connectivity index (χ0v) is 10.7. The molecule has 2 heterocycles. The third-order valence-corrected chi connectivity index (χ3v) is 4.40. The molecule has 1 aromatic carbocycles. The fourth-order valence-corrected chi connectivity index (χ4v) is 3.54. The molecule has 0 radical (unpaired) electrons. The normalized spacial score (nSPS) is 35.7. The number of carbonyl (C=O) groups excluding carboxylic acids is 1. The third-order valence-electron chi connectivity index (χ3n) is 4.40. The summed E-state index contributed by atoms with van der Waals surface area (Å²) in [6.45, 7) is 2.72. The molecule has 0 bridgehead atoms. The highest BCUT2D eigenvalue weighted by atomic mass is 16.3. The van der Waals surface area contributed by atoms with E-state index in [0.29, 0.717) is 6.42 Å². The first-order valence-corrected chi connectivity index (χ1v) is 6.71. The fraction of sp³-hybridized carbons (Fsp3) is 0.533. The second-order valence-electron chi connectivity index (χ2n) is 5.59. The lowest BCUT2D eigenvalue weighted by molar-refractivity contribution is -0.157. The molecule has 3 nitrogen and oxygen atoms in total. The fourth-order valence-electron chi connectivity index (χ4n) is 3.54. The second kappa shape index (κ2) is 4.09. The molecule has 0 spiro atoms. The van der Waals surface area contributed by atoms with Gasteiger partial charge in [-0.1, -0.05) is 37.3 Å². The standard InChI is InChI=1S/C15H19NO2/c1-11-10-15(18,12-6-3-2-4-7-12)13-8-5-9-16(13)14(11)17/h2-4,6-7,11,13,18H,5,8-10H2,1H3. The Balaban J connectivity index is 2.03. The molecule has 3 atom stereocenters. The highest BCUT2D eigenvalue weighted by molar-refractivity contribution is 5.80. The maximum Gasteiger partial charge on any atom is 0.225 e. The maximum atomic E-state index is 12.1. The van der Waals surface area contributed by atoms with E-state index in [1.54, 1.807) is 0 Å². The summed E-state index contributed by atoms with van der Waals surface area (Å²) in [7, 11) is 0. The molecule has 3 unspecified atom stereocenters. The van der Waals surface area contributed by atoms with E-state index in [2.05, 4.69) is 0 Å². The smallest absolute Gasteiger partial charge is 0.225 e. The predicted molar refractivity (Wildman–Crippen MR) is 68.9 cm³/mol. The average Bonchev–Trinajstić information content (AvgIpc) is 2.87. The maximum absolute atomic E-state index is 12.1. The molecule has 2 aliphatic rings. The molecule has 18 heavy (non-hydrogen) atoms.